The quantitative estimate of drug-likeness (QED) is 0.779. The summed E-state index contributed by atoms with van der Waals surface area (Å²) >= 11 is 0. The molecule has 0 heterocycles. The van der Waals surface area contributed by atoms with Gasteiger partial charge in [0.05, 0.1) is 0 Å². The average Bonchev–Trinajstić information content (AvgIpc) is 3.17. The Morgan fingerprint density at radius 3 is 2.12 bits per heavy atom. The molecular formula is C14H18N2O. The molecule has 2 saturated carbocycles. The van der Waals surface area contributed by atoms with Crippen LogP contribution < -0.4 is 11.1 Å². The molecule has 2 aliphatic carbocycles. The molecule has 3 rings (SSSR count). The highest BCUT2D eigenvalue weighted by Crippen LogP contribution is 2.44. The first-order chi connectivity index (χ1) is 8.24. The zero-order chi connectivity index (χ0) is 11.8. The molecule has 3 heteroatoms. The fourth-order valence-corrected chi connectivity index (χ4v) is 2.40. The van der Waals surface area contributed by atoms with Gasteiger partial charge in [0.15, 0.2) is 0 Å². The summed E-state index contributed by atoms with van der Waals surface area (Å²) in [6.45, 7) is 0. The highest BCUT2D eigenvalue weighted by atomic mass is 16.1. The van der Waals surface area contributed by atoms with Crippen LogP contribution in [0.4, 0.5) is 5.69 Å². The van der Waals surface area contributed by atoms with E-state index in [0.717, 1.165) is 11.8 Å². The third kappa shape index (κ3) is 2.43. The van der Waals surface area contributed by atoms with Gasteiger partial charge in [-0.3, -0.25) is 4.79 Å². The van der Waals surface area contributed by atoms with Gasteiger partial charge in [-0.15, -0.1) is 0 Å². The molecular weight excluding hydrogens is 212 g/mol. The molecule has 0 radical (unpaired) electrons. The molecule has 1 amide bonds. The maximum atomic E-state index is 12.1. The number of carbonyl (C=O) groups is 1. The lowest BCUT2D eigenvalue weighted by Gasteiger charge is -2.17. The van der Waals surface area contributed by atoms with Crippen LogP contribution in [0.15, 0.2) is 24.3 Å². The van der Waals surface area contributed by atoms with E-state index >= 15 is 0 Å². The third-order valence-electron chi connectivity index (χ3n) is 3.73. The highest BCUT2D eigenvalue weighted by molar-refractivity contribution is 5.94. The Morgan fingerprint density at radius 1 is 1.12 bits per heavy atom. The van der Waals surface area contributed by atoms with Crippen LogP contribution in [0.3, 0.4) is 0 Å². The smallest absolute Gasteiger partial charge is 0.251 e. The lowest BCUT2D eigenvalue weighted by molar-refractivity contribution is 0.0926. The van der Waals surface area contributed by atoms with E-state index in [1.54, 1.807) is 24.3 Å². The predicted molar refractivity (Wildman–Crippen MR) is 67.6 cm³/mol. The van der Waals surface area contributed by atoms with E-state index < -0.39 is 0 Å². The monoisotopic (exact) mass is 230 g/mol. The number of hydrogen-bond acceptors (Lipinski definition) is 2. The number of hydrogen-bond donors (Lipinski definition) is 2. The predicted octanol–water partition coefficient (Wildman–Crippen LogP) is 2.19. The van der Waals surface area contributed by atoms with Gasteiger partial charge in [-0.25, -0.2) is 0 Å². The Morgan fingerprint density at radius 2 is 1.65 bits per heavy atom. The standard InChI is InChI=1S/C14H18N2O/c15-12-7-5-11(6-8-12)14(17)16-13(9-1-2-9)10-3-4-10/h5-10,13H,1-4,15H2,(H,16,17). The molecule has 90 valence electrons. The Hall–Kier alpha value is -1.51. The van der Waals surface area contributed by atoms with Gasteiger partial charge in [-0.05, 0) is 61.8 Å². The molecule has 1 aromatic carbocycles. The maximum absolute atomic E-state index is 12.1. The van der Waals surface area contributed by atoms with Crippen molar-refractivity contribution in [2.45, 2.75) is 31.7 Å². The van der Waals surface area contributed by atoms with Gasteiger partial charge in [-0.1, -0.05) is 0 Å². The molecule has 2 aliphatic rings. The minimum absolute atomic E-state index is 0.0498. The summed E-state index contributed by atoms with van der Waals surface area (Å²) in [6.07, 6.45) is 5.12. The lowest BCUT2D eigenvalue weighted by atomic mass is 10.1. The van der Waals surface area contributed by atoms with E-state index in [1.807, 2.05) is 0 Å². The summed E-state index contributed by atoms with van der Waals surface area (Å²) in [6, 6.07) is 7.55. The molecule has 0 aromatic heterocycles. The minimum Gasteiger partial charge on any atom is -0.399 e. The summed E-state index contributed by atoms with van der Waals surface area (Å²) in [5.41, 5.74) is 7.02. The molecule has 0 aliphatic heterocycles. The molecule has 0 saturated heterocycles. The Kier molecular flexibility index (Phi) is 2.54. The van der Waals surface area contributed by atoms with Crippen molar-refractivity contribution in [1.29, 1.82) is 0 Å². The van der Waals surface area contributed by atoms with Gasteiger partial charge < -0.3 is 11.1 Å². The van der Waals surface area contributed by atoms with Gasteiger partial charge in [0.2, 0.25) is 0 Å². The SMILES string of the molecule is Nc1ccc(C(=O)NC(C2CC2)C2CC2)cc1. The van der Waals surface area contributed by atoms with Crippen LogP contribution in [0.2, 0.25) is 0 Å². The largest absolute Gasteiger partial charge is 0.399 e. The van der Waals surface area contributed by atoms with E-state index in [4.69, 9.17) is 5.73 Å². The van der Waals surface area contributed by atoms with Crippen molar-refractivity contribution in [3.05, 3.63) is 29.8 Å². The highest BCUT2D eigenvalue weighted by Gasteiger charge is 2.42. The first-order valence-corrected chi connectivity index (χ1v) is 6.40. The van der Waals surface area contributed by atoms with Crippen molar-refractivity contribution >= 4 is 11.6 Å². The number of nitrogen functional groups attached to an aromatic ring is 1. The third-order valence-corrected chi connectivity index (χ3v) is 3.73. The van der Waals surface area contributed by atoms with Crippen molar-refractivity contribution < 1.29 is 4.79 Å². The number of carbonyl (C=O) groups excluding carboxylic acids is 1. The lowest BCUT2D eigenvalue weighted by Crippen LogP contribution is -2.38. The maximum Gasteiger partial charge on any atom is 0.251 e. The van der Waals surface area contributed by atoms with Gasteiger partial charge in [0.25, 0.3) is 5.91 Å². The number of anilines is 1. The molecule has 3 nitrogen and oxygen atoms in total. The van der Waals surface area contributed by atoms with E-state index in [0.29, 0.717) is 17.3 Å². The molecule has 2 fully saturated rings. The van der Waals surface area contributed by atoms with Crippen molar-refractivity contribution in [2.75, 3.05) is 5.73 Å². The second-order valence-electron chi connectivity index (χ2n) is 5.30. The summed E-state index contributed by atoms with van der Waals surface area (Å²) in [4.78, 5) is 12.1. The van der Waals surface area contributed by atoms with Crippen LogP contribution >= 0.6 is 0 Å². The Bertz CT molecular complexity index is 406. The Labute approximate surface area is 101 Å². The van der Waals surface area contributed by atoms with E-state index in [1.165, 1.54) is 25.7 Å². The average molecular weight is 230 g/mol. The molecule has 1 aromatic rings. The molecule has 0 atom stereocenters. The van der Waals surface area contributed by atoms with E-state index in [-0.39, 0.29) is 5.91 Å². The van der Waals surface area contributed by atoms with Gasteiger partial charge in [0, 0.05) is 17.3 Å². The number of rotatable bonds is 4. The summed E-state index contributed by atoms with van der Waals surface area (Å²) < 4.78 is 0. The summed E-state index contributed by atoms with van der Waals surface area (Å²) in [5, 5.41) is 3.20. The van der Waals surface area contributed by atoms with Crippen LogP contribution in [0.25, 0.3) is 0 Å². The first-order valence-electron chi connectivity index (χ1n) is 6.40. The number of benzene rings is 1. The summed E-state index contributed by atoms with van der Waals surface area (Å²) in [5.74, 6) is 1.52. The topological polar surface area (TPSA) is 55.1 Å². The van der Waals surface area contributed by atoms with Crippen LogP contribution in [-0.4, -0.2) is 11.9 Å². The van der Waals surface area contributed by atoms with Gasteiger partial charge in [0.1, 0.15) is 0 Å². The van der Waals surface area contributed by atoms with Crippen LogP contribution in [0, 0.1) is 11.8 Å². The zero-order valence-corrected chi connectivity index (χ0v) is 9.86. The van der Waals surface area contributed by atoms with E-state index in [9.17, 15) is 4.79 Å². The fourth-order valence-electron chi connectivity index (χ4n) is 2.40. The first kappa shape index (κ1) is 10.6. The zero-order valence-electron chi connectivity index (χ0n) is 9.86. The molecule has 17 heavy (non-hydrogen) atoms. The number of nitrogens with two attached hydrogens (primary N) is 1. The second-order valence-corrected chi connectivity index (χ2v) is 5.30. The molecule has 3 N–H and O–H groups in total. The van der Waals surface area contributed by atoms with Gasteiger partial charge >= 0.3 is 0 Å². The number of nitrogens with one attached hydrogen (secondary N) is 1. The van der Waals surface area contributed by atoms with Crippen LogP contribution in [0.1, 0.15) is 36.0 Å². The van der Waals surface area contributed by atoms with Crippen molar-refractivity contribution in [2.24, 2.45) is 11.8 Å². The van der Waals surface area contributed by atoms with Crippen molar-refractivity contribution in [3.8, 4) is 0 Å². The minimum atomic E-state index is 0.0498. The second kappa shape index (κ2) is 4.06. The summed E-state index contributed by atoms with van der Waals surface area (Å²) in [7, 11) is 0. The molecule has 0 unspecified atom stereocenters. The molecule has 0 spiro atoms. The number of amides is 1. The van der Waals surface area contributed by atoms with Crippen LogP contribution in [-0.2, 0) is 0 Å². The Balaban J connectivity index is 1.67. The molecule has 0 bridgehead atoms. The van der Waals surface area contributed by atoms with Crippen LogP contribution in [0.5, 0.6) is 0 Å². The van der Waals surface area contributed by atoms with Crippen molar-refractivity contribution in [3.63, 3.8) is 0 Å². The van der Waals surface area contributed by atoms with Gasteiger partial charge in [-0.2, -0.15) is 0 Å². The normalized spacial score (nSPS) is 19.4. The van der Waals surface area contributed by atoms with E-state index in [2.05, 4.69) is 5.32 Å². The fraction of sp³-hybridized carbons (Fsp3) is 0.500. The van der Waals surface area contributed by atoms with Crippen molar-refractivity contribution in [1.82, 2.24) is 5.32 Å².